The second-order valence-corrected chi connectivity index (χ2v) is 6.69. The van der Waals surface area contributed by atoms with Crippen LogP contribution in [0.25, 0.3) is 10.8 Å². The minimum atomic E-state index is -3.74. The lowest BCUT2D eigenvalue weighted by Crippen LogP contribution is -2.23. The van der Waals surface area contributed by atoms with Crippen molar-refractivity contribution in [2.24, 2.45) is 0 Å². The first-order valence-corrected chi connectivity index (χ1v) is 8.26. The molecule has 0 bridgehead atoms. The topological polar surface area (TPSA) is 46.2 Å². The molecule has 0 amide bonds. The van der Waals surface area contributed by atoms with Crippen molar-refractivity contribution in [3.8, 4) is 0 Å². The number of benzene rings is 3. The molecule has 0 aromatic heterocycles. The van der Waals surface area contributed by atoms with Gasteiger partial charge in [0.05, 0.1) is 4.90 Å². The normalized spacial score (nSPS) is 11.7. The largest absolute Gasteiger partial charge is 0.240 e. The lowest BCUT2D eigenvalue weighted by molar-refractivity contribution is 0.577. The van der Waals surface area contributed by atoms with Crippen LogP contribution >= 0.6 is 0 Å². The Morgan fingerprint density at radius 1 is 0.909 bits per heavy atom. The van der Waals surface area contributed by atoms with Crippen molar-refractivity contribution in [3.63, 3.8) is 0 Å². The summed E-state index contributed by atoms with van der Waals surface area (Å²) in [5.74, 6) is -0.576. The van der Waals surface area contributed by atoms with E-state index in [0.29, 0.717) is 0 Å². The first-order chi connectivity index (χ1) is 10.6. The van der Waals surface area contributed by atoms with Gasteiger partial charge in [-0.25, -0.2) is 17.5 Å². The molecule has 0 spiro atoms. The van der Waals surface area contributed by atoms with Gasteiger partial charge in [0, 0.05) is 6.54 Å². The van der Waals surface area contributed by atoms with Crippen LogP contribution in [0.2, 0.25) is 0 Å². The van der Waals surface area contributed by atoms with Crippen LogP contribution in [0.1, 0.15) is 5.56 Å². The zero-order valence-corrected chi connectivity index (χ0v) is 12.5. The summed E-state index contributed by atoms with van der Waals surface area (Å²) in [7, 11) is -3.74. The lowest BCUT2D eigenvalue weighted by atomic mass is 10.1. The number of hydrogen-bond donors (Lipinski definition) is 1. The van der Waals surface area contributed by atoms with Crippen molar-refractivity contribution in [2.45, 2.75) is 11.4 Å². The van der Waals surface area contributed by atoms with E-state index >= 15 is 0 Å². The fraction of sp³-hybridized carbons (Fsp3) is 0.0588. The highest BCUT2D eigenvalue weighted by Crippen LogP contribution is 2.19. The number of rotatable bonds is 4. The molecule has 3 nitrogen and oxygen atoms in total. The van der Waals surface area contributed by atoms with E-state index in [1.165, 1.54) is 18.2 Å². The number of fused-ring (bicyclic) bond motifs is 1. The van der Waals surface area contributed by atoms with Crippen LogP contribution in [0.5, 0.6) is 0 Å². The van der Waals surface area contributed by atoms with E-state index in [0.717, 1.165) is 22.4 Å². The maximum Gasteiger partial charge on any atom is 0.240 e. The fourth-order valence-electron chi connectivity index (χ4n) is 2.34. The summed E-state index contributed by atoms with van der Waals surface area (Å²) in [4.78, 5) is -0.0762. The first kappa shape index (κ1) is 14.7. The molecular weight excluding hydrogens is 301 g/mol. The molecule has 0 fully saturated rings. The third-order valence-corrected chi connectivity index (χ3v) is 4.84. The van der Waals surface area contributed by atoms with Gasteiger partial charge in [0.15, 0.2) is 0 Å². The molecule has 22 heavy (non-hydrogen) atoms. The maximum absolute atomic E-state index is 13.2. The van der Waals surface area contributed by atoms with Crippen LogP contribution in [-0.2, 0) is 16.6 Å². The summed E-state index contributed by atoms with van der Waals surface area (Å²) in [6.07, 6.45) is 0. The van der Waals surface area contributed by atoms with Gasteiger partial charge in [-0.05, 0) is 34.5 Å². The second-order valence-electron chi connectivity index (χ2n) is 4.92. The van der Waals surface area contributed by atoms with E-state index in [1.54, 1.807) is 0 Å². The Morgan fingerprint density at radius 3 is 2.45 bits per heavy atom. The van der Waals surface area contributed by atoms with Crippen LogP contribution in [0.4, 0.5) is 4.39 Å². The highest BCUT2D eigenvalue weighted by Gasteiger charge is 2.14. The Bertz CT molecular complexity index is 917. The summed E-state index contributed by atoms with van der Waals surface area (Å²) in [6, 6.07) is 18.5. The van der Waals surface area contributed by atoms with Gasteiger partial charge >= 0.3 is 0 Å². The van der Waals surface area contributed by atoms with E-state index in [2.05, 4.69) is 4.72 Å². The molecule has 0 atom stereocenters. The molecule has 3 rings (SSSR count). The highest BCUT2D eigenvalue weighted by atomic mass is 32.2. The van der Waals surface area contributed by atoms with Crippen LogP contribution in [-0.4, -0.2) is 8.42 Å². The SMILES string of the molecule is O=S(=O)(NCc1cccc2ccccc12)c1cccc(F)c1. The minimum Gasteiger partial charge on any atom is -0.207 e. The molecule has 3 aromatic rings. The predicted molar refractivity (Wildman–Crippen MR) is 84.4 cm³/mol. The monoisotopic (exact) mass is 315 g/mol. The quantitative estimate of drug-likeness (QED) is 0.801. The molecule has 1 N–H and O–H groups in total. The summed E-state index contributed by atoms with van der Waals surface area (Å²) in [6.45, 7) is 0.153. The summed E-state index contributed by atoms with van der Waals surface area (Å²) < 4.78 is 40.1. The Morgan fingerprint density at radius 2 is 1.64 bits per heavy atom. The van der Waals surface area contributed by atoms with Gasteiger partial charge in [-0.2, -0.15) is 0 Å². The van der Waals surface area contributed by atoms with Gasteiger partial charge < -0.3 is 0 Å². The molecular formula is C17H14FNO2S. The van der Waals surface area contributed by atoms with E-state index in [9.17, 15) is 12.8 Å². The number of sulfonamides is 1. The van der Waals surface area contributed by atoms with Crippen LogP contribution in [0, 0.1) is 5.82 Å². The van der Waals surface area contributed by atoms with Crippen molar-refractivity contribution in [2.75, 3.05) is 0 Å². The molecule has 0 radical (unpaired) electrons. The van der Waals surface area contributed by atoms with E-state index < -0.39 is 15.8 Å². The average Bonchev–Trinajstić information content (AvgIpc) is 2.53. The van der Waals surface area contributed by atoms with Gasteiger partial charge in [0.25, 0.3) is 0 Å². The molecule has 0 heterocycles. The smallest absolute Gasteiger partial charge is 0.207 e. The van der Waals surface area contributed by atoms with Crippen molar-refractivity contribution >= 4 is 20.8 Å². The number of halogens is 1. The van der Waals surface area contributed by atoms with Crippen LogP contribution in [0.3, 0.4) is 0 Å². The lowest BCUT2D eigenvalue weighted by Gasteiger charge is -2.09. The van der Waals surface area contributed by atoms with Crippen molar-refractivity contribution in [3.05, 3.63) is 78.1 Å². The Labute approximate surface area is 128 Å². The van der Waals surface area contributed by atoms with Crippen LogP contribution < -0.4 is 4.72 Å². The number of hydrogen-bond acceptors (Lipinski definition) is 2. The Balaban J connectivity index is 1.88. The Kier molecular flexibility index (Phi) is 3.92. The third kappa shape index (κ3) is 3.00. The van der Waals surface area contributed by atoms with Gasteiger partial charge in [0.1, 0.15) is 5.82 Å². The van der Waals surface area contributed by atoms with Gasteiger partial charge in [-0.15, -0.1) is 0 Å². The summed E-state index contributed by atoms with van der Waals surface area (Å²) in [5.41, 5.74) is 0.873. The average molecular weight is 315 g/mol. The number of nitrogens with one attached hydrogen (secondary N) is 1. The summed E-state index contributed by atoms with van der Waals surface area (Å²) in [5, 5.41) is 2.04. The predicted octanol–water partition coefficient (Wildman–Crippen LogP) is 3.46. The van der Waals surface area contributed by atoms with Crippen molar-refractivity contribution in [1.82, 2.24) is 4.72 Å². The van der Waals surface area contributed by atoms with Gasteiger partial charge in [-0.1, -0.05) is 48.5 Å². The van der Waals surface area contributed by atoms with Gasteiger partial charge in [-0.3, -0.25) is 0 Å². The molecule has 0 saturated carbocycles. The standard InChI is InChI=1S/C17H14FNO2S/c18-15-8-4-9-16(11-15)22(20,21)19-12-14-7-3-6-13-5-1-2-10-17(13)14/h1-11,19H,12H2. The van der Waals surface area contributed by atoms with E-state index in [1.807, 2.05) is 42.5 Å². The van der Waals surface area contributed by atoms with E-state index in [-0.39, 0.29) is 11.4 Å². The molecule has 0 saturated heterocycles. The molecule has 0 aliphatic heterocycles. The van der Waals surface area contributed by atoms with Crippen LogP contribution in [0.15, 0.2) is 71.6 Å². The first-order valence-electron chi connectivity index (χ1n) is 6.78. The molecule has 0 unspecified atom stereocenters. The molecule has 3 aromatic carbocycles. The minimum absolute atomic E-state index is 0.0762. The van der Waals surface area contributed by atoms with Crippen molar-refractivity contribution < 1.29 is 12.8 Å². The fourth-order valence-corrected chi connectivity index (χ4v) is 3.37. The zero-order valence-electron chi connectivity index (χ0n) is 11.7. The molecule has 5 heteroatoms. The molecule has 0 aliphatic carbocycles. The third-order valence-electron chi connectivity index (χ3n) is 3.44. The Hall–Kier alpha value is -2.24. The van der Waals surface area contributed by atoms with E-state index in [4.69, 9.17) is 0 Å². The second kappa shape index (κ2) is 5.87. The summed E-state index contributed by atoms with van der Waals surface area (Å²) >= 11 is 0. The molecule has 0 aliphatic rings. The van der Waals surface area contributed by atoms with Gasteiger partial charge in [0.2, 0.25) is 10.0 Å². The maximum atomic E-state index is 13.2. The molecule has 112 valence electrons. The van der Waals surface area contributed by atoms with Crippen molar-refractivity contribution in [1.29, 1.82) is 0 Å². The zero-order chi connectivity index (χ0) is 15.6. The highest BCUT2D eigenvalue weighted by molar-refractivity contribution is 7.89.